The summed E-state index contributed by atoms with van der Waals surface area (Å²) >= 11 is 6.35. The first-order valence-corrected chi connectivity index (χ1v) is 10.9. The lowest BCUT2D eigenvalue weighted by Crippen LogP contribution is -2.55. The van der Waals surface area contributed by atoms with Crippen molar-refractivity contribution < 1.29 is 19.1 Å². The summed E-state index contributed by atoms with van der Waals surface area (Å²) in [6.07, 6.45) is 3.05. The van der Waals surface area contributed by atoms with Gasteiger partial charge in [-0.1, -0.05) is 25.8 Å². The summed E-state index contributed by atoms with van der Waals surface area (Å²) in [6.45, 7) is 2.34. The monoisotopic (exact) mass is 605 g/mol. The van der Waals surface area contributed by atoms with E-state index in [0.29, 0.717) is 5.92 Å². The second-order valence-corrected chi connectivity index (χ2v) is 9.15. The molecule has 3 aliphatic rings. The number of ether oxygens (including phenoxy) is 1. The number of carbonyl (C=O) groups excluding carboxylic acids is 3. The summed E-state index contributed by atoms with van der Waals surface area (Å²) in [7, 11) is 0. The molecule has 2 aliphatic heterocycles. The standard InChI is InChI=1S/C21H26ClN3O5.5H2S/c1-11-5-7-12(8-6-11)17(24-20(28)14-3-2-4-16(27)23-14)21(29)25-9-13(22)19-18(25)15(26)10-30-19;;;;;/h2-4,11-13,17-19H,5-10H2,1H3,(H,23,27)(H,24,28);5*1H2/t11?,12?,13-,17-,18+,19+;;;;;/m0...../s1. The van der Waals surface area contributed by atoms with Gasteiger partial charge in [0.2, 0.25) is 11.5 Å². The Kier molecular flexibility index (Phi) is 16.5. The summed E-state index contributed by atoms with van der Waals surface area (Å²) in [5, 5.41) is 2.38. The zero-order valence-corrected chi connectivity index (χ0v) is 25.1. The van der Waals surface area contributed by atoms with Crippen LogP contribution in [0.15, 0.2) is 23.0 Å². The number of carbonyl (C=O) groups is 3. The minimum Gasteiger partial charge on any atom is -0.366 e. The van der Waals surface area contributed by atoms with Crippen LogP contribution in [0.5, 0.6) is 0 Å². The zero-order chi connectivity index (χ0) is 21.4. The van der Waals surface area contributed by atoms with Gasteiger partial charge in [0.05, 0.1) is 5.38 Å². The van der Waals surface area contributed by atoms with Gasteiger partial charge < -0.3 is 19.9 Å². The second kappa shape index (κ2) is 15.7. The molecule has 1 aromatic rings. The number of ketones is 1. The maximum Gasteiger partial charge on any atom is 0.268 e. The third-order valence-corrected chi connectivity index (χ3v) is 6.89. The van der Waals surface area contributed by atoms with Gasteiger partial charge in [0, 0.05) is 12.6 Å². The number of halogens is 1. The highest BCUT2D eigenvalue weighted by molar-refractivity contribution is 7.60. The van der Waals surface area contributed by atoms with Gasteiger partial charge in [-0.05, 0) is 30.7 Å². The van der Waals surface area contributed by atoms with Crippen LogP contribution in [0.4, 0.5) is 0 Å². The van der Waals surface area contributed by atoms with Crippen LogP contribution in [0, 0.1) is 11.8 Å². The number of aromatic amines is 1. The largest absolute Gasteiger partial charge is 0.366 e. The minimum atomic E-state index is -0.787. The van der Waals surface area contributed by atoms with Crippen LogP contribution in [0.1, 0.15) is 43.1 Å². The Labute approximate surface area is 245 Å². The lowest BCUT2D eigenvalue weighted by molar-refractivity contribution is -0.139. The number of amides is 2. The van der Waals surface area contributed by atoms with Crippen molar-refractivity contribution in [2.45, 2.75) is 56.2 Å². The van der Waals surface area contributed by atoms with E-state index in [1.165, 1.54) is 23.1 Å². The van der Waals surface area contributed by atoms with E-state index in [1.807, 2.05) is 0 Å². The van der Waals surface area contributed by atoms with Crippen LogP contribution in [-0.4, -0.2) is 64.2 Å². The Balaban J connectivity index is 0. The van der Waals surface area contributed by atoms with Crippen molar-refractivity contribution in [3.05, 3.63) is 34.2 Å². The highest BCUT2D eigenvalue weighted by Crippen LogP contribution is 2.35. The molecule has 1 aromatic heterocycles. The Bertz CT molecular complexity index is 915. The second-order valence-electron chi connectivity index (χ2n) is 8.59. The number of rotatable bonds is 4. The molecule has 1 saturated carbocycles. The number of Topliss-reactive ketones (excluding diaryl/α,β-unsaturated/α-hetero) is 1. The van der Waals surface area contributed by atoms with Gasteiger partial charge in [-0.15, -0.1) is 11.6 Å². The molecule has 1 aliphatic carbocycles. The maximum atomic E-state index is 13.6. The first-order valence-electron chi connectivity index (χ1n) is 10.4. The summed E-state index contributed by atoms with van der Waals surface area (Å²) in [4.78, 5) is 54.3. The van der Waals surface area contributed by atoms with E-state index < -0.39 is 35.0 Å². The molecule has 2 N–H and O–H groups in total. The fourth-order valence-electron chi connectivity index (χ4n) is 4.80. The molecule has 4 atom stereocenters. The molecule has 2 saturated heterocycles. The van der Waals surface area contributed by atoms with Crippen LogP contribution in [0.25, 0.3) is 0 Å². The number of alkyl halides is 1. The fraction of sp³-hybridized carbons (Fsp3) is 0.619. The van der Waals surface area contributed by atoms with Gasteiger partial charge in [0.1, 0.15) is 30.5 Å². The summed E-state index contributed by atoms with van der Waals surface area (Å²) in [5.74, 6) is -0.453. The van der Waals surface area contributed by atoms with E-state index >= 15 is 0 Å². The predicted octanol–water partition coefficient (Wildman–Crippen LogP) is 1.65. The number of nitrogens with one attached hydrogen (secondary N) is 2. The molecular formula is C21H36ClN3O5S5. The number of likely N-dealkylation sites (tertiary alicyclic amines) is 1. The molecule has 2 amide bonds. The third-order valence-electron chi connectivity index (χ3n) is 6.50. The van der Waals surface area contributed by atoms with Crippen molar-refractivity contribution >= 4 is 96.7 Å². The van der Waals surface area contributed by atoms with E-state index in [1.54, 1.807) is 0 Å². The molecule has 0 spiro atoms. The Morgan fingerprint density at radius 3 is 2.31 bits per heavy atom. The third kappa shape index (κ3) is 8.02. The van der Waals surface area contributed by atoms with E-state index in [2.05, 4.69) is 17.2 Å². The number of H-pyrrole nitrogens is 1. The Morgan fingerprint density at radius 1 is 1.09 bits per heavy atom. The van der Waals surface area contributed by atoms with Crippen molar-refractivity contribution in [1.29, 1.82) is 0 Å². The number of hydrogen-bond acceptors (Lipinski definition) is 5. The Hall–Kier alpha value is -0.440. The topological polar surface area (TPSA) is 109 Å². The minimum absolute atomic E-state index is 0. The summed E-state index contributed by atoms with van der Waals surface area (Å²) in [6, 6.07) is 2.82. The molecule has 4 rings (SSSR count). The van der Waals surface area contributed by atoms with Gasteiger partial charge in [0.15, 0.2) is 5.78 Å². The lowest BCUT2D eigenvalue weighted by Gasteiger charge is -2.35. The van der Waals surface area contributed by atoms with Crippen LogP contribution in [0.2, 0.25) is 0 Å². The molecule has 8 nitrogen and oxygen atoms in total. The van der Waals surface area contributed by atoms with Gasteiger partial charge in [0.25, 0.3) is 5.91 Å². The first-order chi connectivity index (χ1) is 14.3. The van der Waals surface area contributed by atoms with E-state index in [-0.39, 0.29) is 104 Å². The quantitative estimate of drug-likeness (QED) is 0.508. The van der Waals surface area contributed by atoms with Crippen LogP contribution in [0.3, 0.4) is 0 Å². The van der Waals surface area contributed by atoms with Crippen molar-refractivity contribution in [2.24, 2.45) is 11.8 Å². The predicted molar refractivity (Wildman–Crippen MR) is 161 cm³/mol. The number of pyridine rings is 1. The smallest absolute Gasteiger partial charge is 0.268 e. The lowest BCUT2D eigenvalue weighted by atomic mass is 9.78. The summed E-state index contributed by atoms with van der Waals surface area (Å²) in [5.41, 5.74) is -0.294. The van der Waals surface area contributed by atoms with E-state index in [0.717, 1.165) is 25.7 Å². The zero-order valence-electron chi connectivity index (χ0n) is 19.3. The molecule has 3 fully saturated rings. The molecule has 14 heteroatoms. The molecule has 0 radical (unpaired) electrons. The van der Waals surface area contributed by atoms with Crippen LogP contribution < -0.4 is 10.9 Å². The number of aromatic nitrogens is 1. The number of nitrogens with zero attached hydrogens (tertiary/aromatic N) is 1. The molecule has 0 bridgehead atoms. The van der Waals surface area contributed by atoms with Crippen molar-refractivity contribution in [1.82, 2.24) is 15.2 Å². The van der Waals surface area contributed by atoms with Crippen LogP contribution in [-0.2, 0) is 14.3 Å². The molecule has 0 aromatic carbocycles. The van der Waals surface area contributed by atoms with Gasteiger partial charge in [-0.2, -0.15) is 67.5 Å². The molecule has 0 unspecified atom stereocenters. The molecule has 35 heavy (non-hydrogen) atoms. The highest BCUT2D eigenvalue weighted by atomic mass is 35.5. The van der Waals surface area contributed by atoms with E-state index in [9.17, 15) is 19.2 Å². The fourth-order valence-corrected chi connectivity index (χ4v) is 5.16. The molecular weight excluding hydrogens is 570 g/mol. The Morgan fingerprint density at radius 2 is 1.71 bits per heavy atom. The van der Waals surface area contributed by atoms with E-state index in [4.69, 9.17) is 16.3 Å². The van der Waals surface area contributed by atoms with Crippen molar-refractivity contribution in [2.75, 3.05) is 13.2 Å². The highest BCUT2D eigenvalue weighted by Gasteiger charge is 2.53. The SMILES string of the molecule is CC1CCC([C@H](NC(=O)c2cccc(=O)[nH]2)C(=O)N2C[C@H](Cl)[C@H]3OCC(=O)[C@H]32)CC1.S.S.S.S.S. The summed E-state index contributed by atoms with van der Waals surface area (Å²) < 4.78 is 5.48. The van der Waals surface area contributed by atoms with Crippen molar-refractivity contribution in [3.8, 4) is 0 Å². The normalized spacial score (nSPS) is 27.4. The first kappa shape index (κ1) is 36.7. The number of fused-ring (bicyclic) bond motifs is 1. The van der Waals surface area contributed by atoms with Crippen LogP contribution >= 0.6 is 79.1 Å². The van der Waals surface area contributed by atoms with Gasteiger partial charge in [-0.25, -0.2) is 0 Å². The van der Waals surface area contributed by atoms with Gasteiger partial charge in [-0.3, -0.25) is 19.2 Å². The average Bonchev–Trinajstić information content (AvgIpc) is 3.27. The van der Waals surface area contributed by atoms with Gasteiger partial charge >= 0.3 is 0 Å². The number of hydrogen-bond donors (Lipinski definition) is 2. The molecule has 3 heterocycles. The van der Waals surface area contributed by atoms with Crippen molar-refractivity contribution in [3.63, 3.8) is 0 Å². The maximum absolute atomic E-state index is 13.6. The molecule has 202 valence electrons. The average molecular weight is 606 g/mol.